The molecule has 1 N–H and O–H groups in total. The highest BCUT2D eigenvalue weighted by Gasteiger charge is 2.05. The number of carboxylic acids is 1. The molecule has 0 heterocycles. The Morgan fingerprint density at radius 1 is 1.29 bits per heavy atom. The van der Waals surface area contributed by atoms with Crippen molar-refractivity contribution < 1.29 is 14.6 Å². The SMILES string of the molecule is CCCCC[C@@H](C)Oc1ccc(C(=O)O)cc1. The summed E-state index contributed by atoms with van der Waals surface area (Å²) in [5, 5.41) is 8.76. The van der Waals surface area contributed by atoms with Crippen LogP contribution in [-0.2, 0) is 0 Å². The molecule has 1 aromatic rings. The van der Waals surface area contributed by atoms with E-state index in [-0.39, 0.29) is 11.7 Å². The van der Waals surface area contributed by atoms with Crippen LogP contribution in [0.15, 0.2) is 24.3 Å². The maximum atomic E-state index is 10.7. The first-order valence-electron chi connectivity index (χ1n) is 6.13. The molecule has 0 aliphatic heterocycles. The Morgan fingerprint density at radius 3 is 2.47 bits per heavy atom. The largest absolute Gasteiger partial charge is 0.491 e. The van der Waals surface area contributed by atoms with Crippen LogP contribution in [-0.4, -0.2) is 17.2 Å². The van der Waals surface area contributed by atoms with Gasteiger partial charge in [-0.2, -0.15) is 0 Å². The van der Waals surface area contributed by atoms with Gasteiger partial charge < -0.3 is 9.84 Å². The first-order chi connectivity index (χ1) is 8.13. The van der Waals surface area contributed by atoms with Crippen LogP contribution in [0.5, 0.6) is 5.75 Å². The van der Waals surface area contributed by atoms with Crippen molar-refractivity contribution in [1.29, 1.82) is 0 Å². The van der Waals surface area contributed by atoms with Gasteiger partial charge in [0.25, 0.3) is 0 Å². The lowest BCUT2D eigenvalue weighted by molar-refractivity contribution is 0.0697. The number of hydrogen-bond acceptors (Lipinski definition) is 2. The molecule has 94 valence electrons. The van der Waals surface area contributed by atoms with E-state index in [0.29, 0.717) is 0 Å². The summed E-state index contributed by atoms with van der Waals surface area (Å²) in [6, 6.07) is 6.55. The van der Waals surface area contributed by atoms with E-state index in [9.17, 15) is 4.79 Å². The molecule has 0 spiro atoms. The fourth-order valence-corrected chi connectivity index (χ4v) is 1.65. The fraction of sp³-hybridized carbons (Fsp3) is 0.500. The van der Waals surface area contributed by atoms with Crippen LogP contribution in [0.25, 0.3) is 0 Å². The molecular formula is C14H20O3. The number of rotatable bonds is 7. The van der Waals surface area contributed by atoms with Crippen LogP contribution < -0.4 is 4.74 Å². The zero-order chi connectivity index (χ0) is 12.7. The van der Waals surface area contributed by atoms with Gasteiger partial charge in [0.1, 0.15) is 5.75 Å². The standard InChI is InChI=1S/C14H20O3/c1-3-4-5-6-11(2)17-13-9-7-12(8-10-13)14(15)16/h7-11H,3-6H2,1-2H3,(H,15,16)/t11-/m1/s1. The Bertz CT molecular complexity index is 343. The summed E-state index contributed by atoms with van der Waals surface area (Å²) < 4.78 is 5.70. The van der Waals surface area contributed by atoms with Gasteiger partial charge in [0.2, 0.25) is 0 Å². The summed E-state index contributed by atoms with van der Waals surface area (Å²) in [6.07, 6.45) is 4.82. The number of carbonyl (C=O) groups is 1. The lowest BCUT2D eigenvalue weighted by atomic mass is 10.1. The number of benzene rings is 1. The highest BCUT2D eigenvalue weighted by Crippen LogP contribution is 2.16. The summed E-state index contributed by atoms with van der Waals surface area (Å²) in [5.74, 6) is -0.174. The normalized spacial score (nSPS) is 12.1. The fourth-order valence-electron chi connectivity index (χ4n) is 1.65. The average Bonchev–Trinajstić information content (AvgIpc) is 2.30. The van der Waals surface area contributed by atoms with Crippen molar-refractivity contribution in [3.05, 3.63) is 29.8 Å². The molecule has 0 saturated carbocycles. The summed E-state index contributed by atoms with van der Waals surface area (Å²) in [7, 11) is 0. The second-order valence-corrected chi connectivity index (χ2v) is 4.25. The first kappa shape index (κ1) is 13.6. The van der Waals surface area contributed by atoms with Crippen LogP contribution in [0.1, 0.15) is 49.9 Å². The van der Waals surface area contributed by atoms with Crippen LogP contribution in [0.2, 0.25) is 0 Å². The molecule has 3 heteroatoms. The Balaban J connectivity index is 2.43. The van der Waals surface area contributed by atoms with Crippen LogP contribution in [0, 0.1) is 0 Å². The van der Waals surface area contributed by atoms with E-state index in [2.05, 4.69) is 6.92 Å². The van der Waals surface area contributed by atoms with Crippen LogP contribution in [0.3, 0.4) is 0 Å². The quantitative estimate of drug-likeness (QED) is 0.734. The van der Waals surface area contributed by atoms with Gasteiger partial charge in [-0.1, -0.05) is 19.8 Å². The maximum absolute atomic E-state index is 10.7. The summed E-state index contributed by atoms with van der Waals surface area (Å²) in [4.78, 5) is 10.7. The minimum Gasteiger partial charge on any atom is -0.491 e. The monoisotopic (exact) mass is 236 g/mol. The predicted octanol–water partition coefficient (Wildman–Crippen LogP) is 3.73. The summed E-state index contributed by atoms with van der Waals surface area (Å²) >= 11 is 0. The van der Waals surface area contributed by atoms with E-state index in [1.54, 1.807) is 24.3 Å². The summed E-state index contributed by atoms with van der Waals surface area (Å²) in [5.41, 5.74) is 0.288. The molecule has 0 unspecified atom stereocenters. The molecular weight excluding hydrogens is 216 g/mol. The predicted molar refractivity (Wildman–Crippen MR) is 67.6 cm³/mol. The average molecular weight is 236 g/mol. The molecule has 1 rings (SSSR count). The van der Waals surface area contributed by atoms with Gasteiger partial charge in [0.15, 0.2) is 0 Å². The zero-order valence-electron chi connectivity index (χ0n) is 10.5. The van der Waals surface area contributed by atoms with E-state index in [1.807, 2.05) is 6.92 Å². The Labute approximate surface area is 102 Å². The molecule has 3 nitrogen and oxygen atoms in total. The second-order valence-electron chi connectivity index (χ2n) is 4.25. The van der Waals surface area contributed by atoms with E-state index in [1.165, 1.54) is 19.3 Å². The maximum Gasteiger partial charge on any atom is 0.335 e. The van der Waals surface area contributed by atoms with Gasteiger partial charge in [-0.3, -0.25) is 0 Å². The Hall–Kier alpha value is -1.51. The smallest absolute Gasteiger partial charge is 0.335 e. The highest BCUT2D eigenvalue weighted by molar-refractivity contribution is 5.87. The first-order valence-corrected chi connectivity index (χ1v) is 6.13. The van der Waals surface area contributed by atoms with Gasteiger partial charge >= 0.3 is 5.97 Å². The van der Waals surface area contributed by atoms with E-state index in [0.717, 1.165) is 12.2 Å². The van der Waals surface area contributed by atoms with Crippen LogP contribution >= 0.6 is 0 Å². The minimum atomic E-state index is -0.910. The van der Waals surface area contributed by atoms with Crippen molar-refractivity contribution >= 4 is 5.97 Å². The van der Waals surface area contributed by atoms with Crippen LogP contribution in [0.4, 0.5) is 0 Å². The lowest BCUT2D eigenvalue weighted by Crippen LogP contribution is -2.11. The third kappa shape index (κ3) is 4.89. The molecule has 0 aromatic heterocycles. The second kappa shape index (κ2) is 6.94. The van der Waals surface area contributed by atoms with Crippen molar-refractivity contribution in [2.75, 3.05) is 0 Å². The summed E-state index contributed by atoms with van der Waals surface area (Å²) in [6.45, 7) is 4.22. The van der Waals surface area contributed by atoms with E-state index in [4.69, 9.17) is 9.84 Å². The highest BCUT2D eigenvalue weighted by atomic mass is 16.5. The molecule has 0 saturated heterocycles. The molecule has 1 aromatic carbocycles. The van der Waals surface area contributed by atoms with Crippen molar-refractivity contribution in [2.45, 2.75) is 45.6 Å². The van der Waals surface area contributed by atoms with Gasteiger partial charge in [-0.05, 0) is 44.0 Å². The van der Waals surface area contributed by atoms with Crippen molar-refractivity contribution in [3.8, 4) is 5.75 Å². The third-order valence-corrected chi connectivity index (χ3v) is 2.65. The van der Waals surface area contributed by atoms with Gasteiger partial charge in [0, 0.05) is 0 Å². The third-order valence-electron chi connectivity index (χ3n) is 2.65. The number of hydrogen-bond donors (Lipinski definition) is 1. The van der Waals surface area contributed by atoms with Crippen molar-refractivity contribution in [1.82, 2.24) is 0 Å². The molecule has 0 aliphatic rings. The molecule has 0 aliphatic carbocycles. The number of aromatic carboxylic acids is 1. The van der Waals surface area contributed by atoms with Gasteiger partial charge in [0.05, 0.1) is 11.7 Å². The number of unbranched alkanes of at least 4 members (excludes halogenated alkanes) is 2. The van der Waals surface area contributed by atoms with E-state index >= 15 is 0 Å². The number of ether oxygens (including phenoxy) is 1. The molecule has 0 fully saturated rings. The van der Waals surface area contributed by atoms with Gasteiger partial charge in [-0.25, -0.2) is 4.79 Å². The molecule has 1 atom stereocenters. The van der Waals surface area contributed by atoms with Crippen molar-refractivity contribution in [3.63, 3.8) is 0 Å². The van der Waals surface area contributed by atoms with E-state index < -0.39 is 5.97 Å². The van der Waals surface area contributed by atoms with Crippen molar-refractivity contribution in [2.24, 2.45) is 0 Å². The minimum absolute atomic E-state index is 0.178. The Morgan fingerprint density at radius 2 is 1.94 bits per heavy atom. The Kier molecular flexibility index (Phi) is 5.53. The van der Waals surface area contributed by atoms with Gasteiger partial charge in [-0.15, -0.1) is 0 Å². The molecule has 0 bridgehead atoms. The molecule has 0 radical (unpaired) electrons. The zero-order valence-corrected chi connectivity index (χ0v) is 10.5. The molecule has 0 amide bonds. The molecule has 17 heavy (non-hydrogen) atoms. The lowest BCUT2D eigenvalue weighted by Gasteiger charge is -2.14. The topological polar surface area (TPSA) is 46.5 Å². The number of carboxylic acid groups (broad SMARTS) is 1.